The summed E-state index contributed by atoms with van der Waals surface area (Å²) in [6.45, 7) is -0.218. The maximum atomic E-state index is 13.4. The summed E-state index contributed by atoms with van der Waals surface area (Å²) in [6.07, 6.45) is 1.46. The molecule has 5 nitrogen and oxygen atoms in total. The monoisotopic (exact) mass is 276 g/mol. The molecule has 0 aliphatic carbocycles. The van der Waals surface area contributed by atoms with Crippen molar-refractivity contribution in [1.82, 2.24) is 4.57 Å². The van der Waals surface area contributed by atoms with Gasteiger partial charge in [0.25, 0.3) is 5.56 Å². The summed E-state index contributed by atoms with van der Waals surface area (Å²) in [5, 5.41) is 2.41. The van der Waals surface area contributed by atoms with Gasteiger partial charge in [0.2, 0.25) is 5.91 Å². The SMILES string of the molecule is COc1cccn(CC(=O)Nc2ccccc2F)c1=O. The van der Waals surface area contributed by atoms with Gasteiger partial charge in [-0.3, -0.25) is 9.59 Å². The highest BCUT2D eigenvalue weighted by Crippen LogP contribution is 2.12. The van der Waals surface area contributed by atoms with E-state index < -0.39 is 17.3 Å². The summed E-state index contributed by atoms with van der Waals surface area (Å²) in [7, 11) is 1.38. The van der Waals surface area contributed by atoms with Crippen LogP contribution in [-0.4, -0.2) is 17.6 Å². The molecule has 1 aromatic heterocycles. The number of carbonyl (C=O) groups is 1. The summed E-state index contributed by atoms with van der Waals surface area (Å²) >= 11 is 0. The smallest absolute Gasteiger partial charge is 0.293 e. The highest BCUT2D eigenvalue weighted by atomic mass is 19.1. The van der Waals surface area contributed by atoms with Gasteiger partial charge in [-0.15, -0.1) is 0 Å². The van der Waals surface area contributed by atoms with Gasteiger partial charge in [0.15, 0.2) is 5.75 Å². The first-order valence-corrected chi connectivity index (χ1v) is 5.89. The normalized spacial score (nSPS) is 10.1. The molecule has 0 radical (unpaired) electrons. The lowest BCUT2D eigenvalue weighted by molar-refractivity contribution is -0.116. The predicted octanol–water partition coefficient (Wildman–Crippen LogP) is 1.63. The van der Waals surface area contributed by atoms with Crippen molar-refractivity contribution in [1.29, 1.82) is 0 Å². The Kier molecular flexibility index (Phi) is 4.14. The molecule has 2 rings (SSSR count). The zero-order chi connectivity index (χ0) is 14.5. The van der Waals surface area contributed by atoms with E-state index in [1.807, 2.05) is 0 Å². The van der Waals surface area contributed by atoms with Crippen molar-refractivity contribution in [3.8, 4) is 5.75 Å². The molecule has 1 aromatic carbocycles. The van der Waals surface area contributed by atoms with Crippen molar-refractivity contribution in [2.75, 3.05) is 12.4 Å². The van der Waals surface area contributed by atoms with E-state index in [0.717, 1.165) is 0 Å². The molecule has 0 saturated heterocycles. The number of ether oxygens (including phenoxy) is 1. The van der Waals surface area contributed by atoms with Gasteiger partial charge in [-0.1, -0.05) is 12.1 Å². The number of para-hydroxylation sites is 1. The number of amides is 1. The van der Waals surface area contributed by atoms with Gasteiger partial charge < -0.3 is 14.6 Å². The topological polar surface area (TPSA) is 60.3 Å². The van der Waals surface area contributed by atoms with Gasteiger partial charge in [-0.25, -0.2) is 4.39 Å². The standard InChI is InChI=1S/C14H13FN2O3/c1-20-12-7-4-8-17(14(12)19)9-13(18)16-11-6-3-2-5-10(11)15/h2-8H,9H2,1H3,(H,16,18). The van der Waals surface area contributed by atoms with E-state index in [9.17, 15) is 14.0 Å². The minimum absolute atomic E-state index is 0.0773. The number of hydrogen-bond acceptors (Lipinski definition) is 3. The third-order valence-corrected chi connectivity index (χ3v) is 2.67. The predicted molar refractivity (Wildman–Crippen MR) is 72.3 cm³/mol. The number of halogens is 1. The van der Waals surface area contributed by atoms with Crippen molar-refractivity contribution in [3.63, 3.8) is 0 Å². The van der Waals surface area contributed by atoms with Gasteiger partial charge in [0, 0.05) is 6.20 Å². The number of carbonyl (C=O) groups excluding carboxylic acids is 1. The molecule has 0 fully saturated rings. The number of nitrogens with zero attached hydrogens (tertiary/aromatic N) is 1. The number of nitrogens with one attached hydrogen (secondary N) is 1. The maximum Gasteiger partial charge on any atom is 0.293 e. The second-order valence-electron chi connectivity index (χ2n) is 4.04. The van der Waals surface area contributed by atoms with E-state index in [2.05, 4.69) is 5.32 Å². The summed E-state index contributed by atoms with van der Waals surface area (Å²) in [4.78, 5) is 23.6. The highest BCUT2D eigenvalue weighted by molar-refractivity contribution is 5.90. The largest absolute Gasteiger partial charge is 0.491 e. The molecule has 20 heavy (non-hydrogen) atoms. The third kappa shape index (κ3) is 3.03. The first-order valence-electron chi connectivity index (χ1n) is 5.89. The van der Waals surface area contributed by atoms with Gasteiger partial charge in [0.05, 0.1) is 12.8 Å². The quantitative estimate of drug-likeness (QED) is 0.923. The van der Waals surface area contributed by atoms with Crippen LogP contribution in [0, 0.1) is 5.82 Å². The molecule has 0 spiro atoms. The lowest BCUT2D eigenvalue weighted by atomic mass is 10.3. The van der Waals surface area contributed by atoms with E-state index in [0.29, 0.717) is 0 Å². The fraction of sp³-hybridized carbons (Fsp3) is 0.143. The Labute approximate surface area is 114 Å². The Bertz CT molecular complexity index is 682. The minimum atomic E-state index is -0.529. The molecule has 0 bridgehead atoms. The maximum absolute atomic E-state index is 13.4. The molecule has 0 saturated carbocycles. The fourth-order valence-electron chi connectivity index (χ4n) is 1.70. The van der Waals surface area contributed by atoms with E-state index in [4.69, 9.17) is 4.74 Å². The molecular formula is C14H13FN2O3. The van der Waals surface area contributed by atoms with Crippen LogP contribution in [0.25, 0.3) is 0 Å². The second kappa shape index (κ2) is 6.01. The van der Waals surface area contributed by atoms with Crippen molar-refractivity contribution < 1.29 is 13.9 Å². The van der Waals surface area contributed by atoms with Crippen LogP contribution in [0.2, 0.25) is 0 Å². The first-order chi connectivity index (χ1) is 9.61. The van der Waals surface area contributed by atoms with Crippen molar-refractivity contribution >= 4 is 11.6 Å². The lowest BCUT2D eigenvalue weighted by Crippen LogP contribution is -2.27. The average Bonchev–Trinajstić information content (AvgIpc) is 2.44. The summed E-state index contributed by atoms with van der Waals surface area (Å²) in [6, 6.07) is 8.92. The third-order valence-electron chi connectivity index (χ3n) is 2.67. The molecule has 1 N–H and O–H groups in total. The number of anilines is 1. The molecule has 0 aliphatic rings. The number of methoxy groups -OCH3 is 1. The average molecular weight is 276 g/mol. The van der Waals surface area contributed by atoms with Crippen LogP contribution in [0.5, 0.6) is 5.75 Å². The Hall–Kier alpha value is -2.63. The van der Waals surface area contributed by atoms with Crippen LogP contribution in [0.4, 0.5) is 10.1 Å². The van der Waals surface area contributed by atoms with Gasteiger partial charge >= 0.3 is 0 Å². The summed E-state index contributed by atoms with van der Waals surface area (Å²) < 4.78 is 19.5. The Balaban J connectivity index is 2.13. The minimum Gasteiger partial charge on any atom is -0.491 e. The van der Waals surface area contributed by atoms with Crippen LogP contribution in [0.15, 0.2) is 47.4 Å². The van der Waals surface area contributed by atoms with Crippen LogP contribution in [0.1, 0.15) is 0 Å². The molecular weight excluding hydrogens is 263 g/mol. The molecule has 2 aromatic rings. The Morgan fingerprint density at radius 3 is 2.75 bits per heavy atom. The van der Waals surface area contributed by atoms with Crippen LogP contribution in [0.3, 0.4) is 0 Å². The van der Waals surface area contributed by atoms with Crippen molar-refractivity contribution in [2.45, 2.75) is 6.54 Å². The van der Waals surface area contributed by atoms with Gasteiger partial charge in [-0.05, 0) is 24.3 Å². The number of rotatable bonds is 4. The first kappa shape index (κ1) is 13.8. The van der Waals surface area contributed by atoms with Crippen molar-refractivity contribution in [3.05, 3.63) is 58.8 Å². The van der Waals surface area contributed by atoms with E-state index in [1.54, 1.807) is 12.1 Å². The Morgan fingerprint density at radius 1 is 1.30 bits per heavy atom. The van der Waals surface area contributed by atoms with E-state index >= 15 is 0 Å². The Morgan fingerprint density at radius 2 is 2.05 bits per heavy atom. The number of aromatic nitrogens is 1. The van der Waals surface area contributed by atoms with E-state index in [-0.39, 0.29) is 18.0 Å². The second-order valence-corrected chi connectivity index (χ2v) is 4.04. The number of pyridine rings is 1. The van der Waals surface area contributed by atoms with Gasteiger partial charge in [0.1, 0.15) is 12.4 Å². The summed E-state index contributed by atoms with van der Waals surface area (Å²) in [5.74, 6) is -0.879. The fourth-order valence-corrected chi connectivity index (χ4v) is 1.70. The molecule has 0 aliphatic heterocycles. The highest BCUT2D eigenvalue weighted by Gasteiger charge is 2.09. The molecule has 6 heteroatoms. The van der Waals surface area contributed by atoms with Gasteiger partial charge in [-0.2, -0.15) is 0 Å². The van der Waals surface area contributed by atoms with E-state index in [1.165, 1.54) is 42.1 Å². The van der Waals surface area contributed by atoms with Crippen molar-refractivity contribution in [2.24, 2.45) is 0 Å². The van der Waals surface area contributed by atoms with Crippen LogP contribution < -0.4 is 15.6 Å². The molecule has 1 amide bonds. The zero-order valence-electron chi connectivity index (χ0n) is 10.8. The number of hydrogen-bond donors (Lipinski definition) is 1. The number of benzene rings is 1. The summed E-state index contributed by atoms with van der Waals surface area (Å²) in [5.41, 5.74) is -0.341. The molecule has 1 heterocycles. The van der Waals surface area contributed by atoms with Crippen LogP contribution in [-0.2, 0) is 11.3 Å². The molecule has 0 atom stereocenters. The molecule has 104 valence electrons. The molecule has 0 unspecified atom stereocenters. The zero-order valence-corrected chi connectivity index (χ0v) is 10.8. The lowest BCUT2D eigenvalue weighted by Gasteiger charge is -2.09. The van der Waals surface area contributed by atoms with Crippen LogP contribution >= 0.6 is 0 Å².